The summed E-state index contributed by atoms with van der Waals surface area (Å²) in [6, 6.07) is 58.8. The average molecular weight is 1040 g/mol. The summed E-state index contributed by atoms with van der Waals surface area (Å²) in [5.74, 6) is -0.975. The monoisotopic (exact) mass is 1040 g/mol. The lowest BCUT2D eigenvalue weighted by atomic mass is 10.1. The van der Waals surface area contributed by atoms with Crippen molar-refractivity contribution in [2.24, 2.45) is 5.73 Å². The highest BCUT2D eigenvalue weighted by Crippen LogP contribution is 2.24. The second-order valence-corrected chi connectivity index (χ2v) is 16.3. The molecule has 77 heavy (non-hydrogen) atoms. The van der Waals surface area contributed by atoms with Gasteiger partial charge in [-0.15, -0.1) is 0 Å². The molecule has 16 heteroatoms. The van der Waals surface area contributed by atoms with E-state index in [1.807, 2.05) is 103 Å². The quantitative estimate of drug-likeness (QED) is 0.0565. The van der Waals surface area contributed by atoms with Crippen molar-refractivity contribution in [3.05, 3.63) is 251 Å². The Bertz CT molecular complexity index is 3310. The van der Waals surface area contributed by atoms with Crippen LogP contribution in [0.4, 0.5) is 0 Å². The van der Waals surface area contributed by atoms with Crippen molar-refractivity contribution < 1.29 is 61.7 Å². The predicted octanol–water partition coefficient (Wildman–Crippen LogP) is 11.6. The first-order valence-electron chi connectivity index (χ1n) is 24.2. The Morgan fingerprint density at radius 2 is 0.727 bits per heavy atom. The van der Waals surface area contributed by atoms with Crippen LogP contribution in [0.2, 0.25) is 0 Å². The molecule has 2 amide bonds. The Morgan fingerprint density at radius 1 is 0.403 bits per heavy atom. The number of rotatable bonds is 16. The fraction of sp³-hybridized carbons (Fsp3) is 0.115. The van der Waals surface area contributed by atoms with E-state index in [1.54, 1.807) is 92.7 Å². The number of aromatic carboxylic acids is 2. The highest BCUT2D eigenvalue weighted by atomic mass is 16.5. The molecule has 0 aliphatic rings. The number of esters is 2. The topological polar surface area (TPSA) is 251 Å². The Morgan fingerprint density at radius 3 is 1.04 bits per heavy atom. The number of nitrogens with two attached hydrogens (primary N) is 1. The summed E-state index contributed by atoms with van der Waals surface area (Å²) >= 11 is 0. The first-order chi connectivity index (χ1) is 37.3. The number of benzene rings is 6. The lowest BCUT2D eigenvalue weighted by molar-refractivity contribution is 0.0516. The molecule has 0 unspecified atom stereocenters. The van der Waals surface area contributed by atoms with Crippen LogP contribution in [0, 0.1) is 0 Å². The maximum absolute atomic E-state index is 12.2. The molecule has 0 bridgehead atoms. The summed E-state index contributed by atoms with van der Waals surface area (Å²) in [5.41, 5.74) is 12.1. The van der Waals surface area contributed by atoms with Crippen LogP contribution in [0.5, 0.6) is 0 Å². The summed E-state index contributed by atoms with van der Waals surface area (Å²) in [7, 11) is 0. The zero-order valence-corrected chi connectivity index (χ0v) is 42.1. The summed E-state index contributed by atoms with van der Waals surface area (Å²) < 4.78 is 26.1. The molecular weight excluding hydrogens is 983 g/mol. The lowest BCUT2D eigenvalue weighted by Gasteiger charge is -2.05. The number of carbonyl (C=O) groups is 6. The smallest absolute Gasteiger partial charge is 0.371 e. The van der Waals surface area contributed by atoms with Gasteiger partial charge < -0.3 is 49.3 Å². The van der Waals surface area contributed by atoms with Gasteiger partial charge in [0, 0.05) is 36.3 Å². The van der Waals surface area contributed by atoms with Gasteiger partial charge in [0.1, 0.15) is 17.3 Å². The van der Waals surface area contributed by atoms with Gasteiger partial charge >= 0.3 is 23.9 Å². The van der Waals surface area contributed by atoms with E-state index >= 15 is 0 Å². The molecular formula is C61H55N3O13. The third kappa shape index (κ3) is 17.3. The number of furan rings is 3. The fourth-order valence-electron chi connectivity index (χ4n) is 6.91. The average Bonchev–Trinajstić information content (AvgIpc) is 4.30. The Labute approximate surface area is 443 Å². The minimum Gasteiger partial charge on any atom is -0.478 e. The minimum absolute atomic E-state index is 0.0381. The van der Waals surface area contributed by atoms with Gasteiger partial charge in [-0.3, -0.25) is 9.59 Å². The van der Waals surface area contributed by atoms with Crippen molar-refractivity contribution in [2.75, 3.05) is 13.2 Å². The van der Waals surface area contributed by atoms with Crippen molar-refractivity contribution >= 4 is 35.7 Å². The van der Waals surface area contributed by atoms with Crippen molar-refractivity contribution in [1.29, 1.82) is 0 Å². The second-order valence-electron chi connectivity index (χ2n) is 16.3. The maximum atomic E-state index is 12.2. The molecule has 0 saturated carbocycles. The number of carboxylic acid groups (broad SMARTS) is 2. The number of hydrogen-bond donors (Lipinski definition) is 5. The van der Waals surface area contributed by atoms with E-state index in [0.29, 0.717) is 61.3 Å². The van der Waals surface area contributed by atoms with Gasteiger partial charge in [-0.1, -0.05) is 127 Å². The normalized spacial score (nSPS) is 10.2. The Hall–Kier alpha value is -10.1. The maximum Gasteiger partial charge on any atom is 0.371 e. The molecule has 392 valence electrons. The number of nitrogens with one attached hydrogen (secondary N) is 2. The third-order valence-corrected chi connectivity index (χ3v) is 10.9. The van der Waals surface area contributed by atoms with E-state index in [2.05, 4.69) is 10.6 Å². The van der Waals surface area contributed by atoms with Crippen molar-refractivity contribution in [3.8, 4) is 34.0 Å². The van der Waals surface area contributed by atoms with Gasteiger partial charge in [0.05, 0.1) is 29.9 Å². The molecule has 0 aliphatic heterocycles. The van der Waals surface area contributed by atoms with Crippen molar-refractivity contribution in [2.45, 2.75) is 33.5 Å². The van der Waals surface area contributed by atoms with Crippen LogP contribution >= 0.6 is 0 Å². The second kappa shape index (κ2) is 29.0. The highest BCUT2D eigenvalue weighted by molar-refractivity contribution is 5.93. The summed E-state index contributed by atoms with van der Waals surface area (Å²) in [6.07, 6.45) is 0. The van der Waals surface area contributed by atoms with Crippen LogP contribution in [-0.4, -0.2) is 59.1 Å². The van der Waals surface area contributed by atoms with Gasteiger partial charge in [-0.05, 0) is 103 Å². The summed E-state index contributed by atoms with van der Waals surface area (Å²) in [4.78, 5) is 68.5. The molecule has 3 heterocycles. The highest BCUT2D eigenvalue weighted by Gasteiger charge is 2.15. The first-order valence-corrected chi connectivity index (χ1v) is 24.2. The first kappa shape index (κ1) is 56.2. The molecule has 0 atom stereocenters. The molecule has 6 aromatic carbocycles. The third-order valence-electron chi connectivity index (χ3n) is 10.9. The molecule has 0 spiro atoms. The molecule has 0 radical (unpaired) electrons. The van der Waals surface area contributed by atoms with Gasteiger partial charge in [0.15, 0.2) is 11.5 Å². The van der Waals surface area contributed by atoms with Gasteiger partial charge in [-0.2, -0.15) is 0 Å². The van der Waals surface area contributed by atoms with Crippen molar-refractivity contribution in [3.63, 3.8) is 0 Å². The Kier molecular flexibility index (Phi) is 21.2. The van der Waals surface area contributed by atoms with Crippen LogP contribution in [0.15, 0.2) is 213 Å². The molecule has 6 N–H and O–H groups in total. The van der Waals surface area contributed by atoms with E-state index in [0.717, 1.165) is 33.4 Å². The molecule has 16 nitrogen and oxygen atoms in total. The van der Waals surface area contributed by atoms with Crippen LogP contribution in [0.1, 0.15) is 93.3 Å². The number of hydrogen-bond acceptors (Lipinski definition) is 12. The van der Waals surface area contributed by atoms with Gasteiger partial charge in [0.2, 0.25) is 5.76 Å². The van der Waals surface area contributed by atoms with E-state index in [9.17, 15) is 28.8 Å². The molecule has 3 aromatic heterocycles. The van der Waals surface area contributed by atoms with E-state index < -0.39 is 11.9 Å². The summed E-state index contributed by atoms with van der Waals surface area (Å²) in [6.45, 7) is 5.40. The zero-order chi connectivity index (χ0) is 54.9. The van der Waals surface area contributed by atoms with Crippen molar-refractivity contribution in [1.82, 2.24) is 10.6 Å². The molecule has 9 aromatic rings. The molecule has 0 fully saturated rings. The van der Waals surface area contributed by atoms with E-state index in [4.69, 9.17) is 38.7 Å². The predicted molar refractivity (Wildman–Crippen MR) is 288 cm³/mol. The Balaban J connectivity index is 0.000000173. The lowest BCUT2D eigenvalue weighted by Crippen LogP contribution is -2.22. The van der Waals surface area contributed by atoms with Crippen LogP contribution < -0.4 is 16.4 Å². The van der Waals surface area contributed by atoms with Crippen LogP contribution in [0.25, 0.3) is 34.0 Å². The fourth-order valence-corrected chi connectivity index (χ4v) is 6.91. The molecule has 0 saturated heterocycles. The summed E-state index contributed by atoms with van der Waals surface area (Å²) in [5, 5.41) is 23.1. The zero-order valence-electron chi connectivity index (χ0n) is 42.1. The number of amides is 2. The number of ether oxygens (including phenoxy) is 2. The number of carboxylic acids is 2. The standard InChI is InChI=1S/C21H19NO4.C19H15NO4.C11H8O3.C10H13NO2/c1-2-25-21(24)17-10-8-15(9-11-17)14-22-20(23)19-13-12-18(26-19)16-6-4-3-5-7-16;21-18(20-12-13-6-8-15(9-7-13)19(22)23)17-11-10-16(24-17)14-4-2-1-3-5-14;12-11(13)10-7-6-9(14-10)8-4-2-1-3-5-8;1-2-13-10(12)9-5-3-8(7-11)4-6-9/h3-13H,2,14H2,1H3,(H,22,23);1-11H,12H2,(H,20,21)(H,22,23);1-7H,(H,12,13);3-6H,2,7,11H2,1H3. The minimum atomic E-state index is -1.05. The van der Waals surface area contributed by atoms with Crippen LogP contribution in [-0.2, 0) is 29.1 Å². The van der Waals surface area contributed by atoms with E-state index in [1.165, 1.54) is 18.2 Å². The van der Waals surface area contributed by atoms with E-state index in [-0.39, 0.29) is 46.6 Å². The molecule has 9 rings (SSSR count). The number of carbonyl (C=O) groups excluding carboxylic acids is 4. The molecule has 0 aliphatic carbocycles. The van der Waals surface area contributed by atoms with Gasteiger partial charge in [0.25, 0.3) is 11.8 Å². The SMILES string of the molecule is CCOC(=O)c1ccc(CN)cc1.CCOC(=O)c1ccc(CNC(=O)c2ccc(-c3ccccc3)o2)cc1.O=C(O)c1ccc(-c2ccccc2)o1.O=C(O)c1ccc(CNC(=O)c2ccc(-c3ccccc3)o2)cc1. The largest absolute Gasteiger partial charge is 0.478 e. The van der Waals surface area contributed by atoms with Crippen LogP contribution in [0.3, 0.4) is 0 Å². The van der Waals surface area contributed by atoms with Gasteiger partial charge in [-0.25, -0.2) is 19.2 Å².